The van der Waals surface area contributed by atoms with E-state index in [1.807, 2.05) is 31.2 Å². The van der Waals surface area contributed by atoms with E-state index < -0.39 is 6.04 Å². The first kappa shape index (κ1) is 11.9. The van der Waals surface area contributed by atoms with E-state index in [0.717, 1.165) is 5.69 Å². The van der Waals surface area contributed by atoms with Gasteiger partial charge in [0, 0.05) is 5.69 Å². The van der Waals surface area contributed by atoms with Crippen LogP contribution in [0.4, 0.5) is 5.69 Å². The molecule has 1 unspecified atom stereocenters. The summed E-state index contributed by atoms with van der Waals surface area (Å²) in [6.07, 6.45) is 1.56. The molecule has 0 aliphatic carbocycles. The van der Waals surface area contributed by atoms with E-state index in [-0.39, 0.29) is 0 Å². The zero-order valence-electron chi connectivity index (χ0n) is 9.14. The Labute approximate surface area is 109 Å². The third-order valence-corrected chi connectivity index (χ3v) is 3.41. The fourth-order valence-electron chi connectivity index (χ4n) is 1.37. The van der Waals surface area contributed by atoms with E-state index in [4.69, 9.17) is 16.9 Å². The Morgan fingerprint density at radius 1 is 1.41 bits per heavy atom. The van der Waals surface area contributed by atoms with Crippen molar-refractivity contribution in [1.29, 1.82) is 5.26 Å². The Bertz CT molecular complexity index is 542. The van der Waals surface area contributed by atoms with Crippen LogP contribution in [0.3, 0.4) is 0 Å². The number of nitrogens with one attached hydrogen (secondary N) is 1. The van der Waals surface area contributed by atoms with Gasteiger partial charge in [-0.15, -0.1) is 11.3 Å². The predicted octanol–water partition coefficient (Wildman–Crippen LogP) is 3.78. The number of aryl methyl sites for hydroxylation is 1. The summed E-state index contributed by atoms with van der Waals surface area (Å²) in [6, 6.07) is 9.57. The van der Waals surface area contributed by atoms with Crippen molar-refractivity contribution in [2.75, 3.05) is 5.32 Å². The van der Waals surface area contributed by atoms with Gasteiger partial charge in [-0.3, -0.25) is 0 Å². The van der Waals surface area contributed by atoms with E-state index in [1.54, 1.807) is 6.20 Å². The molecule has 3 nitrogen and oxygen atoms in total. The molecule has 2 aromatic rings. The van der Waals surface area contributed by atoms with Crippen LogP contribution in [0.15, 0.2) is 30.5 Å². The van der Waals surface area contributed by atoms with Crippen LogP contribution in [-0.4, -0.2) is 4.98 Å². The van der Waals surface area contributed by atoms with Gasteiger partial charge in [0.2, 0.25) is 0 Å². The molecule has 0 radical (unpaired) electrons. The number of halogens is 1. The maximum Gasteiger partial charge on any atom is 0.167 e. The van der Waals surface area contributed by atoms with Gasteiger partial charge in [0.25, 0.3) is 0 Å². The molecule has 0 fully saturated rings. The lowest BCUT2D eigenvalue weighted by Crippen LogP contribution is -2.07. The summed E-state index contributed by atoms with van der Waals surface area (Å²) in [5.74, 6) is 0. The van der Waals surface area contributed by atoms with Crippen LogP contribution in [0.5, 0.6) is 0 Å². The van der Waals surface area contributed by atoms with Crippen LogP contribution in [-0.2, 0) is 0 Å². The third kappa shape index (κ3) is 2.96. The Morgan fingerprint density at radius 3 is 2.65 bits per heavy atom. The van der Waals surface area contributed by atoms with Crippen molar-refractivity contribution in [2.24, 2.45) is 0 Å². The third-order valence-electron chi connectivity index (χ3n) is 2.23. The average Bonchev–Trinajstić information content (AvgIpc) is 2.75. The van der Waals surface area contributed by atoms with Crippen molar-refractivity contribution < 1.29 is 0 Å². The smallest absolute Gasteiger partial charge is 0.167 e. The second-order valence-corrected chi connectivity index (χ2v) is 5.27. The molecule has 0 amide bonds. The highest BCUT2D eigenvalue weighted by atomic mass is 35.5. The molecule has 1 aromatic heterocycles. The lowest BCUT2D eigenvalue weighted by atomic mass is 10.2. The van der Waals surface area contributed by atoms with Crippen molar-refractivity contribution in [3.8, 4) is 6.07 Å². The number of thiazole rings is 1. The summed E-state index contributed by atoms with van der Waals surface area (Å²) in [5.41, 5.74) is 2.08. The van der Waals surface area contributed by atoms with Crippen molar-refractivity contribution in [3.63, 3.8) is 0 Å². The van der Waals surface area contributed by atoms with Gasteiger partial charge in [0.1, 0.15) is 9.34 Å². The monoisotopic (exact) mass is 263 g/mol. The molecule has 0 aliphatic heterocycles. The maximum atomic E-state index is 9.12. The molecule has 0 saturated carbocycles. The molecule has 86 valence electrons. The van der Waals surface area contributed by atoms with Crippen LogP contribution >= 0.6 is 22.9 Å². The number of aromatic nitrogens is 1. The van der Waals surface area contributed by atoms with E-state index in [0.29, 0.717) is 9.34 Å². The van der Waals surface area contributed by atoms with Crippen molar-refractivity contribution in [3.05, 3.63) is 45.4 Å². The summed E-state index contributed by atoms with van der Waals surface area (Å²) >= 11 is 7.12. The van der Waals surface area contributed by atoms with Gasteiger partial charge in [0.15, 0.2) is 6.04 Å². The summed E-state index contributed by atoms with van der Waals surface area (Å²) in [7, 11) is 0. The molecule has 17 heavy (non-hydrogen) atoms. The topological polar surface area (TPSA) is 48.7 Å². The minimum Gasteiger partial charge on any atom is -0.364 e. The highest BCUT2D eigenvalue weighted by Crippen LogP contribution is 2.26. The highest BCUT2D eigenvalue weighted by molar-refractivity contribution is 7.15. The number of nitrogens with zero attached hydrogens (tertiary/aromatic N) is 2. The fraction of sp³-hybridized carbons (Fsp3) is 0.167. The van der Waals surface area contributed by atoms with Crippen molar-refractivity contribution >= 4 is 28.6 Å². The quantitative estimate of drug-likeness (QED) is 0.917. The van der Waals surface area contributed by atoms with Gasteiger partial charge in [-0.2, -0.15) is 5.26 Å². The first-order chi connectivity index (χ1) is 8.19. The zero-order valence-corrected chi connectivity index (χ0v) is 10.7. The van der Waals surface area contributed by atoms with Gasteiger partial charge in [-0.05, 0) is 19.1 Å². The molecule has 1 atom stereocenters. The van der Waals surface area contributed by atoms with E-state index >= 15 is 0 Å². The predicted molar refractivity (Wildman–Crippen MR) is 70.3 cm³/mol. The Balaban J connectivity index is 2.16. The van der Waals surface area contributed by atoms with Crippen LogP contribution in [0.1, 0.15) is 16.6 Å². The van der Waals surface area contributed by atoms with Gasteiger partial charge in [0.05, 0.1) is 12.3 Å². The van der Waals surface area contributed by atoms with Gasteiger partial charge < -0.3 is 5.32 Å². The Morgan fingerprint density at radius 2 is 2.12 bits per heavy atom. The first-order valence-electron chi connectivity index (χ1n) is 5.03. The van der Waals surface area contributed by atoms with Crippen LogP contribution in [0.25, 0.3) is 0 Å². The second-order valence-electron chi connectivity index (χ2n) is 3.58. The minimum absolute atomic E-state index is 0.463. The van der Waals surface area contributed by atoms with E-state index in [2.05, 4.69) is 16.4 Å². The fourth-order valence-corrected chi connectivity index (χ4v) is 2.29. The summed E-state index contributed by atoms with van der Waals surface area (Å²) in [4.78, 5) is 4.10. The summed E-state index contributed by atoms with van der Waals surface area (Å²) in [5, 5.41) is 12.9. The molecular weight excluding hydrogens is 254 g/mol. The second kappa shape index (κ2) is 5.17. The maximum absolute atomic E-state index is 9.12. The van der Waals surface area contributed by atoms with Crippen LogP contribution in [0.2, 0.25) is 4.34 Å². The average molecular weight is 264 g/mol. The van der Waals surface area contributed by atoms with Gasteiger partial charge in [-0.25, -0.2) is 4.98 Å². The lowest BCUT2D eigenvalue weighted by Gasteiger charge is -2.10. The molecule has 0 aliphatic rings. The molecule has 0 bridgehead atoms. The zero-order chi connectivity index (χ0) is 12.3. The molecule has 0 saturated heterocycles. The normalized spacial score (nSPS) is 11.8. The van der Waals surface area contributed by atoms with E-state index in [9.17, 15) is 0 Å². The molecule has 5 heteroatoms. The number of anilines is 1. The molecule has 1 aromatic carbocycles. The summed E-state index contributed by atoms with van der Waals surface area (Å²) < 4.78 is 0.589. The number of rotatable bonds is 3. The molecular formula is C12H10ClN3S. The molecule has 0 spiro atoms. The highest BCUT2D eigenvalue weighted by Gasteiger charge is 2.14. The van der Waals surface area contributed by atoms with Crippen LogP contribution < -0.4 is 5.32 Å². The Kier molecular flexibility index (Phi) is 3.62. The van der Waals surface area contributed by atoms with Gasteiger partial charge in [-0.1, -0.05) is 29.3 Å². The lowest BCUT2D eigenvalue weighted by molar-refractivity contribution is 0.974. The van der Waals surface area contributed by atoms with Crippen LogP contribution in [0, 0.1) is 18.3 Å². The SMILES string of the molecule is Cc1ccc(NC(C#N)c2ncc(Cl)s2)cc1. The van der Waals surface area contributed by atoms with Crippen molar-refractivity contribution in [1.82, 2.24) is 4.98 Å². The van der Waals surface area contributed by atoms with Gasteiger partial charge >= 0.3 is 0 Å². The van der Waals surface area contributed by atoms with Crippen molar-refractivity contribution in [2.45, 2.75) is 13.0 Å². The number of benzene rings is 1. The number of nitriles is 1. The first-order valence-corrected chi connectivity index (χ1v) is 6.22. The number of hydrogen-bond donors (Lipinski definition) is 1. The largest absolute Gasteiger partial charge is 0.364 e. The Hall–Kier alpha value is -1.57. The molecule has 2 rings (SSSR count). The summed E-state index contributed by atoms with van der Waals surface area (Å²) in [6.45, 7) is 2.02. The van der Waals surface area contributed by atoms with E-state index in [1.165, 1.54) is 16.9 Å². The number of hydrogen-bond acceptors (Lipinski definition) is 4. The molecule has 1 heterocycles. The standard InChI is InChI=1S/C12H10ClN3S/c1-8-2-4-9(5-3-8)16-10(6-14)12-15-7-11(13)17-12/h2-5,7,10,16H,1H3. The minimum atomic E-state index is -0.463. The molecule has 1 N–H and O–H groups in total.